The second-order valence-corrected chi connectivity index (χ2v) is 6.35. The summed E-state index contributed by atoms with van der Waals surface area (Å²) in [7, 11) is 0. The van der Waals surface area contributed by atoms with Crippen molar-refractivity contribution in [2.24, 2.45) is 0 Å². The molecular weight excluding hydrogens is 322 g/mol. The lowest BCUT2D eigenvalue weighted by atomic mass is 9.90. The highest BCUT2D eigenvalue weighted by Crippen LogP contribution is 2.33. The first-order valence-electron chi connectivity index (χ1n) is 8.02. The van der Waals surface area contributed by atoms with E-state index in [9.17, 15) is 5.11 Å². The summed E-state index contributed by atoms with van der Waals surface area (Å²) < 4.78 is 5.40. The lowest BCUT2D eigenvalue weighted by molar-refractivity contribution is 0.0371. The van der Waals surface area contributed by atoms with Gasteiger partial charge in [0.1, 0.15) is 5.75 Å². The van der Waals surface area contributed by atoms with Crippen molar-refractivity contribution in [3.8, 4) is 29.2 Å². The molecule has 3 nitrogen and oxygen atoms in total. The van der Waals surface area contributed by atoms with Gasteiger partial charge < -0.3 is 9.84 Å². The Morgan fingerprint density at radius 2 is 1.88 bits per heavy atom. The van der Waals surface area contributed by atoms with Crippen LogP contribution in [0, 0.1) is 12.3 Å². The Balaban J connectivity index is 1.93. The van der Waals surface area contributed by atoms with Crippen molar-refractivity contribution in [1.29, 1.82) is 0 Å². The molecule has 1 N–H and O–H groups in total. The molecule has 1 unspecified atom stereocenters. The number of phenolic OH excluding ortho intramolecular Hbond substituents is 1. The maximum atomic E-state index is 9.92. The van der Waals surface area contributed by atoms with Gasteiger partial charge in [-0.05, 0) is 41.0 Å². The molecule has 1 heterocycles. The number of rotatable bonds is 4. The third kappa shape index (κ3) is 3.91. The van der Waals surface area contributed by atoms with Crippen molar-refractivity contribution >= 4 is 11.6 Å². The van der Waals surface area contributed by atoms with Crippen LogP contribution in [0.15, 0.2) is 42.5 Å². The van der Waals surface area contributed by atoms with Crippen LogP contribution in [0.4, 0.5) is 0 Å². The van der Waals surface area contributed by atoms with Gasteiger partial charge in [0.2, 0.25) is 0 Å². The van der Waals surface area contributed by atoms with Gasteiger partial charge in [-0.3, -0.25) is 4.90 Å². The van der Waals surface area contributed by atoms with Gasteiger partial charge in [0.25, 0.3) is 0 Å². The number of hydrogen-bond acceptors (Lipinski definition) is 3. The summed E-state index contributed by atoms with van der Waals surface area (Å²) >= 11 is 5.99. The van der Waals surface area contributed by atoms with E-state index in [1.165, 1.54) is 0 Å². The van der Waals surface area contributed by atoms with Gasteiger partial charge >= 0.3 is 0 Å². The van der Waals surface area contributed by atoms with Crippen molar-refractivity contribution in [1.82, 2.24) is 4.90 Å². The summed E-state index contributed by atoms with van der Waals surface area (Å²) in [4.78, 5) is 2.33. The molecule has 1 aliphatic rings. The minimum absolute atomic E-state index is 0.0469. The fourth-order valence-electron chi connectivity index (χ4n) is 3.01. The van der Waals surface area contributed by atoms with Crippen LogP contribution in [0.2, 0.25) is 5.02 Å². The van der Waals surface area contributed by atoms with Crippen LogP contribution < -0.4 is 0 Å². The number of ether oxygens (including phenoxy) is 1. The number of terminal acetylenes is 1. The van der Waals surface area contributed by atoms with Gasteiger partial charge in [-0.2, -0.15) is 0 Å². The zero-order valence-corrected chi connectivity index (χ0v) is 14.2. The average molecular weight is 342 g/mol. The maximum Gasteiger partial charge on any atom is 0.116 e. The molecule has 1 atom stereocenters. The topological polar surface area (TPSA) is 32.7 Å². The Morgan fingerprint density at radius 1 is 1.17 bits per heavy atom. The second kappa shape index (κ2) is 7.72. The Bertz CT molecular complexity index is 730. The summed E-state index contributed by atoms with van der Waals surface area (Å²) in [5.41, 5.74) is 2.99. The van der Waals surface area contributed by atoms with Gasteiger partial charge in [-0.1, -0.05) is 35.7 Å². The maximum absolute atomic E-state index is 9.92. The summed E-state index contributed by atoms with van der Waals surface area (Å²) in [6.45, 7) is 4.07. The molecule has 1 fully saturated rings. The lowest BCUT2D eigenvalue weighted by Crippen LogP contribution is -2.38. The quantitative estimate of drug-likeness (QED) is 0.859. The fraction of sp³-hybridized carbons (Fsp3) is 0.300. The van der Waals surface area contributed by atoms with Gasteiger partial charge in [0.05, 0.1) is 19.1 Å². The second-order valence-electron chi connectivity index (χ2n) is 5.91. The standard InChI is InChI=1S/C20H20ClNO2/c1-2-15(14-22-9-11-24-12-10-22)19-8-7-18(23)13-20(19)16-3-5-17(21)6-4-16/h1,3-8,13,15,23H,9-12,14H2. The van der Waals surface area contributed by atoms with E-state index in [4.69, 9.17) is 22.8 Å². The Hall–Kier alpha value is -1.99. The molecule has 2 aromatic carbocycles. The van der Waals surface area contributed by atoms with Crippen molar-refractivity contribution in [2.45, 2.75) is 5.92 Å². The van der Waals surface area contributed by atoms with Gasteiger partial charge in [-0.15, -0.1) is 6.42 Å². The number of morpholine rings is 1. The van der Waals surface area contributed by atoms with Crippen LogP contribution in [-0.4, -0.2) is 42.9 Å². The van der Waals surface area contributed by atoms with E-state index in [-0.39, 0.29) is 11.7 Å². The summed E-state index contributed by atoms with van der Waals surface area (Å²) in [5.74, 6) is 3.10. The van der Waals surface area contributed by atoms with Crippen LogP contribution in [-0.2, 0) is 4.74 Å². The minimum Gasteiger partial charge on any atom is -0.508 e. The number of benzene rings is 2. The first-order chi connectivity index (χ1) is 11.7. The first kappa shape index (κ1) is 16.9. The van der Waals surface area contributed by atoms with E-state index in [0.717, 1.165) is 49.5 Å². The molecule has 0 bridgehead atoms. The molecule has 1 saturated heterocycles. The Labute approximate surface area is 147 Å². The smallest absolute Gasteiger partial charge is 0.116 e. The van der Waals surface area contributed by atoms with Crippen LogP contribution in [0.3, 0.4) is 0 Å². The SMILES string of the molecule is C#CC(CN1CCOCC1)c1ccc(O)cc1-c1ccc(Cl)cc1. The molecule has 24 heavy (non-hydrogen) atoms. The molecule has 0 spiro atoms. The van der Waals surface area contributed by atoms with Crippen molar-refractivity contribution < 1.29 is 9.84 Å². The van der Waals surface area contributed by atoms with E-state index in [0.29, 0.717) is 5.02 Å². The van der Waals surface area contributed by atoms with E-state index >= 15 is 0 Å². The number of hydrogen-bond donors (Lipinski definition) is 1. The van der Waals surface area contributed by atoms with Crippen LogP contribution in [0.5, 0.6) is 5.75 Å². The molecule has 0 radical (unpaired) electrons. The zero-order valence-electron chi connectivity index (χ0n) is 13.4. The molecule has 0 saturated carbocycles. The van der Waals surface area contributed by atoms with E-state index < -0.39 is 0 Å². The summed E-state index contributed by atoms with van der Waals surface area (Å²) in [6, 6.07) is 13.0. The van der Waals surface area contributed by atoms with Crippen molar-refractivity contribution in [3.63, 3.8) is 0 Å². The Morgan fingerprint density at radius 3 is 2.54 bits per heavy atom. The molecular formula is C20H20ClNO2. The number of aromatic hydroxyl groups is 1. The van der Waals surface area contributed by atoms with E-state index in [2.05, 4.69) is 10.8 Å². The normalized spacial score (nSPS) is 16.5. The van der Waals surface area contributed by atoms with E-state index in [1.54, 1.807) is 12.1 Å². The monoisotopic (exact) mass is 341 g/mol. The van der Waals surface area contributed by atoms with Gasteiger partial charge in [0, 0.05) is 24.7 Å². The molecule has 0 amide bonds. The van der Waals surface area contributed by atoms with Crippen LogP contribution in [0.25, 0.3) is 11.1 Å². The van der Waals surface area contributed by atoms with Crippen LogP contribution in [0.1, 0.15) is 11.5 Å². The summed E-state index contributed by atoms with van der Waals surface area (Å²) in [6.07, 6.45) is 5.84. The average Bonchev–Trinajstić information content (AvgIpc) is 2.61. The molecule has 0 aliphatic carbocycles. The predicted molar refractivity (Wildman–Crippen MR) is 97.4 cm³/mol. The summed E-state index contributed by atoms with van der Waals surface area (Å²) in [5, 5.41) is 10.6. The molecule has 2 aromatic rings. The Kier molecular flexibility index (Phi) is 5.42. The number of nitrogens with zero attached hydrogens (tertiary/aromatic N) is 1. The molecule has 3 rings (SSSR count). The highest BCUT2D eigenvalue weighted by molar-refractivity contribution is 6.30. The lowest BCUT2D eigenvalue weighted by Gasteiger charge is -2.29. The molecule has 0 aromatic heterocycles. The van der Waals surface area contributed by atoms with E-state index in [1.807, 2.05) is 30.3 Å². The molecule has 4 heteroatoms. The number of halogens is 1. The fourth-order valence-corrected chi connectivity index (χ4v) is 3.14. The van der Waals surface area contributed by atoms with Gasteiger partial charge in [0.15, 0.2) is 0 Å². The third-order valence-electron chi connectivity index (χ3n) is 4.31. The highest BCUT2D eigenvalue weighted by Gasteiger charge is 2.20. The van der Waals surface area contributed by atoms with Crippen molar-refractivity contribution in [2.75, 3.05) is 32.8 Å². The number of phenols is 1. The zero-order chi connectivity index (χ0) is 16.9. The minimum atomic E-state index is -0.0469. The molecule has 124 valence electrons. The third-order valence-corrected chi connectivity index (χ3v) is 4.57. The first-order valence-corrected chi connectivity index (χ1v) is 8.40. The predicted octanol–water partition coefficient (Wildman–Crippen LogP) is 3.76. The highest BCUT2D eigenvalue weighted by atomic mass is 35.5. The van der Waals surface area contributed by atoms with Gasteiger partial charge in [-0.25, -0.2) is 0 Å². The van der Waals surface area contributed by atoms with Crippen molar-refractivity contribution in [3.05, 3.63) is 53.1 Å². The molecule has 1 aliphatic heterocycles. The van der Waals surface area contributed by atoms with Crippen LogP contribution >= 0.6 is 11.6 Å². The largest absolute Gasteiger partial charge is 0.508 e.